The van der Waals surface area contributed by atoms with E-state index in [0.29, 0.717) is 4.91 Å². The smallest absolute Gasteiger partial charge is 0.345 e. The molecule has 0 N–H and O–H groups in total. The van der Waals surface area contributed by atoms with Crippen LogP contribution in [-0.2, 0) is 16.6 Å². The topological polar surface area (TPSA) is 57.0 Å². The number of nitrogens with zero attached hydrogens (tertiary/aromatic N) is 3. The minimum atomic E-state index is -0.298. The van der Waals surface area contributed by atoms with Crippen molar-refractivity contribution in [2.75, 3.05) is 0 Å². The van der Waals surface area contributed by atoms with Crippen LogP contribution in [0.5, 0.6) is 0 Å². The first-order valence-electron chi connectivity index (χ1n) is 9.44. The summed E-state index contributed by atoms with van der Waals surface area (Å²) in [5.41, 5.74) is 3.64. The highest BCUT2D eigenvalue weighted by Crippen LogP contribution is 2.44. The van der Waals surface area contributed by atoms with E-state index >= 15 is 0 Å². The highest BCUT2D eigenvalue weighted by atomic mass is 32.2. The quantitative estimate of drug-likeness (QED) is 0.607. The summed E-state index contributed by atoms with van der Waals surface area (Å²) in [4.78, 5) is 19.2. The third-order valence-corrected chi connectivity index (χ3v) is 6.33. The molecule has 5 nitrogen and oxygen atoms in total. The van der Waals surface area contributed by atoms with Crippen LogP contribution < -0.4 is 0 Å². The first-order chi connectivity index (χ1) is 14.1. The molecule has 6 heteroatoms. The minimum Gasteiger partial charge on any atom is -0.453 e. The standard InChI is InChI=1S/C23H19N3O2S/c1-14-18-12-15(13-24-22(18)26(2)25-14)20-17-10-6-7-11-19(17)28-23(27)21(20)29-16-8-4-3-5-9-16/h3-13,17,19H,1-2H3. The van der Waals surface area contributed by atoms with Gasteiger partial charge in [0.25, 0.3) is 0 Å². The van der Waals surface area contributed by atoms with E-state index in [-0.39, 0.29) is 18.0 Å². The first kappa shape index (κ1) is 17.9. The maximum absolute atomic E-state index is 13.0. The summed E-state index contributed by atoms with van der Waals surface area (Å²) in [7, 11) is 1.89. The number of allylic oxidation sites excluding steroid dienone is 2. The predicted molar refractivity (Wildman–Crippen MR) is 114 cm³/mol. The molecule has 144 valence electrons. The van der Waals surface area contributed by atoms with Gasteiger partial charge in [-0.15, -0.1) is 0 Å². The molecule has 29 heavy (non-hydrogen) atoms. The zero-order valence-electron chi connectivity index (χ0n) is 16.1. The maximum atomic E-state index is 13.0. The number of pyridine rings is 1. The number of hydrogen-bond donors (Lipinski definition) is 0. The Hall–Kier alpha value is -3.12. The average Bonchev–Trinajstić information content (AvgIpc) is 3.02. The second kappa shape index (κ2) is 7.04. The summed E-state index contributed by atoms with van der Waals surface area (Å²) in [6.45, 7) is 1.98. The molecule has 0 saturated heterocycles. The summed E-state index contributed by atoms with van der Waals surface area (Å²) < 4.78 is 7.53. The van der Waals surface area contributed by atoms with Crippen molar-refractivity contribution in [2.24, 2.45) is 13.0 Å². The number of aryl methyl sites for hydroxylation is 2. The number of hydrogen-bond acceptors (Lipinski definition) is 5. The molecule has 1 aliphatic heterocycles. The monoisotopic (exact) mass is 401 g/mol. The van der Waals surface area contributed by atoms with Gasteiger partial charge >= 0.3 is 5.97 Å². The van der Waals surface area contributed by atoms with Crippen LogP contribution in [0.4, 0.5) is 0 Å². The molecule has 0 amide bonds. The number of carbonyl (C=O) groups excluding carboxylic acids is 1. The molecule has 2 aromatic heterocycles. The lowest BCUT2D eigenvalue weighted by Crippen LogP contribution is -2.32. The molecule has 2 aliphatic rings. The van der Waals surface area contributed by atoms with Gasteiger partial charge < -0.3 is 4.74 Å². The molecule has 3 aromatic rings. The normalized spacial score (nSPS) is 20.8. The summed E-state index contributed by atoms with van der Waals surface area (Å²) >= 11 is 1.44. The van der Waals surface area contributed by atoms with Gasteiger partial charge in [0, 0.05) is 29.4 Å². The lowest BCUT2D eigenvalue weighted by Gasteiger charge is -2.33. The fraction of sp³-hybridized carbons (Fsp3) is 0.174. The van der Waals surface area contributed by atoms with Crippen LogP contribution in [0.1, 0.15) is 11.3 Å². The highest BCUT2D eigenvalue weighted by Gasteiger charge is 2.37. The van der Waals surface area contributed by atoms with Gasteiger partial charge in [0.2, 0.25) is 0 Å². The molecule has 0 fully saturated rings. The van der Waals surface area contributed by atoms with E-state index in [1.807, 2.05) is 68.7 Å². The molecular weight excluding hydrogens is 382 g/mol. The number of esters is 1. The van der Waals surface area contributed by atoms with Gasteiger partial charge in [0.1, 0.15) is 11.0 Å². The van der Waals surface area contributed by atoms with E-state index in [1.165, 1.54) is 11.8 Å². The summed E-state index contributed by atoms with van der Waals surface area (Å²) in [5, 5.41) is 5.47. The molecule has 5 rings (SSSR count). The van der Waals surface area contributed by atoms with E-state index < -0.39 is 0 Å². The van der Waals surface area contributed by atoms with Gasteiger partial charge in [-0.25, -0.2) is 9.78 Å². The highest BCUT2D eigenvalue weighted by molar-refractivity contribution is 8.04. The maximum Gasteiger partial charge on any atom is 0.345 e. The Balaban J connectivity index is 1.71. The number of fused-ring (bicyclic) bond motifs is 2. The molecule has 1 aromatic carbocycles. The van der Waals surface area contributed by atoms with E-state index in [9.17, 15) is 4.79 Å². The fourth-order valence-corrected chi connectivity index (χ4v) is 4.90. The van der Waals surface area contributed by atoms with Crippen LogP contribution in [0.15, 0.2) is 76.7 Å². The summed E-state index contributed by atoms with van der Waals surface area (Å²) in [6, 6.07) is 12.0. The fourth-order valence-electron chi connectivity index (χ4n) is 3.88. The van der Waals surface area contributed by atoms with Gasteiger partial charge in [-0.05, 0) is 42.3 Å². The number of aromatic nitrogens is 3. The Morgan fingerprint density at radius 1 is 1.14 bits per heavy atom. The van der Waals surface area contributed by atoms with Gasteiger partial charge in [-0.3, -0.25) is 4.68 Å². The van der Waals surface area contributed by atoms with E-state index in [2.05, 4.69) is 22.2 Å². The first-order valence-corrected chi connectivity index (χ1v) is 10.3. The predicted octanol–water partition coefficient (Wildman–Crippen LogP) is 4.45. The van der Waals surface area contributed by atoms with Gasteiger partial charge in [-0.1, -0.05) is 48.2 Å². The summed E-state index contributed by atoms with van der Waals surface area (Å²) in [6.07, 6.45) is 9.51. The Kier molecular flexibility index (Phi) is 4.36. The van der Waals surface area contributed by atoms with Crippen LogP contribution in [0, 0.1) is 12.8 Å². The van der Waals surface area contributed by atoms with Crippen molar-refractivity contribution < 1.29 is 9.53 Å². The van der Waals surface area contributed by atoms with E-state index in [0.717, 1.165) is 32.8 Å². The van der Waals surface area contributed by atoms with Gasteiger partial charge in [0.05, 0.1) is 5.69 Å². The van der Waals surface area contributed by atoms with Crippen molar-refractivity contribution in [3.05, 3.63) is 83.1 Å². The number of rotatable bonds is 3. The molecule has 0 radical (unpaired) electrons. The Morgan fingerprint density at radius 2 is 1.93 bits per heavy atom. The molecule has 0 saturated carbocycles. The zero-order chi connectivity index (χ0) is 20.0. The van der Waals surface area contributed by atoms with Crippen LogP contribution >= 0.6 is 11.8 Å². The molecule has 3 heterocycles. The lowest BCUT2D eigenvalue weighted by atomic mass is 9.84. The van der Waals surface area contributed by atoms with Crippen molar-refractivity contribution in [1.29, 1.82) is 0 Å². The van der Waals surface area contributed by atoms with Crippen molar-refractivity contribution in [1.82, 2.24) is 14.8 Å². The number of ether oxygens (including phenoxy) is 1. The van der Waals surface area contributed by atoms with Crippen molar-refractivity contribution in [2.45, 2.75) is 17.9 Å². The average molecular weight is 401 g/mol. The third kappa shape index (κ3) is 3.09. The Bertz CT molecular complexity index is 1210. The molecule has 2 atom stereocenters. The molecule has 0 spiro atoms. The number of thioether (sulfide) groups is 1. The van der Waals surface area contributed by atoms with Crippen LogP contribution in [0.2, 0.25) is 0 Å². The van der Waals surface area contributed by atoms with Crippen LogP contribution in [0.25, 0.3) is 16.6 Å². The third-order valence-electron chi connectivity index (χ3n) is 5.23. The largest absolute Gasteiger partial charge is 0.453 e. The van der Waals surface area contributed by atoms with Crippen LogP contribution in [0.3, 0.4) is 0 Å². The molecule has 0 bridgehead atoms. The number of benzene rings is 1. The van der Waals surface area contributed by atoms with Crippen LogP contribution in [-0.4, -0.2) is 26.8 Å². The second-order valence-corrected chi connectivity index (χ2v) is 8.21. The molecule has 2 unspecified atom stereocenters. The van der Waals surface area contributed by atoms with Crippen molar-refractivity contribution in [3.63, 3.8) is 0 Å². The van der Waals surface area contributed by atoms with E-state index in [4.69, 9.17) is 4.74 Å². The SMILES string of the molecule is Cc1nn(C)c2ncc(C3=C(Sc4ccccc4)C(=O)OC4C=CC=CC34)cc12. The Morgan fingerprint density at radius 3 is 2.76 bits per heavy atom. The molecular formula is C23H19N3O2S. The molecule has 1 aliphatic carbocycles. The minimum absolute atomic E-state index is 0.0415. The van der Waals surface area contributed by atoms with Crippen molar-refractivity contribution in [3.8, 4) is 0 Å². The zero-order valence-corrected chi connectivity index (χ0v) is 16.9. The lowest BCUT2D eigenvalue weighted by molar-refractivity contribution is -0.143. The van der Waals surface area contributed by atoms with Crippen molar-refractivity contribution >= 4 is 34.3 Å². The van der Waals surface area contributed by atoms with Gasteiger partial charge in [-0.2, -0.15) is 5.10 Å². The summed E-state index contributed by atoms with van der Waals surface area (Å²) in [5.74, 6) is -0.335. The van der Waals surface area contributed by atoms with E-state index in [1.54, 1.807) is 4.68 Å². The second-order valence-electron chi connectivity index (χ2n) is 7.13. The number of carbonyl (C=O) groups is 1. The Labute approximate surface area is 172 Å². The van der Waals surface area contributed by atoms with Gasteiger partial charge in [0.15, 0.2) is 5.65 Å².